The summed E-state index contributed by atoms with van der Waals surface area (Å²) in [5.74, 6) is 0.678. The van der Waals surface area contributed by atoms with Crippen molar-refractivity contribution in [3.8, 4) is 5.75 Å². The summed E-state index contributed by atoms with van der Waals surface area (Å²) in [6, 6.07) is 14.3. The van der Waals surface area contributed by atoms with Gasteiger partial charge in [-0.25, -0.2) is 4.39 Å². The predicted molar refractivity (Wildman–Crippen MR) is 97.7 cm³/mol. The van der Waals surface area contributed by atoms with Gasteiger partial charge in [0.15, 0.2) is 0 Å². The smallest absolute Gasteiger partial charge is 0.223 e. The number of hydrogen-bond acceptors (Lipinski definition) is 3. The van der Waals surface area contributed by atoms with E-state index in [2.05, 4.69) is 0 Å². The van der Waals surface area contributed by atoms with Crippen LogP contribution in [0.4, 0.5) is 4.39 Å². The number of amides is 1. The second kappa shape index (κ2) is 8.81. The third-order valence-electron chi connectivity index (χ3n) is 4.64. The average Bonchev–Trinajstić information content (AvgIpc) is 2.66. The molecule has 0 spiro atoms. The molecule has 1 heterocycles. The molecule has 0 N–H and O–H groups in total. The summed E-state index contributed by atoms with van der Waals surface area (Å²) in [4.78, 5) is 14.4. The van der Waals surface area contributed by atoms with E-state index in [1.54, 1.807) is 13.2 Å². The SMILES string of the molecule is COc1ccccc1CCC(=O)N1CCO[C@H](Cc2cccc(F)c2)C1. The van der Waals surface area contributed by atoms with Crippen molar-refractivity contribution in [2.45, 2.75) is 25.4 Å². The van der Waals surface area contributed by atoms with Crippen LogP contribution >= 0.6 is 0 Å². The van der Waals surface area contributed by atoms with Crippen LogP contribution in [0.3, 0.4) is 0 Å². The van der Waals surface area contributed by atoms with Crippen molar-refractivity contribution in [1.29, 1.82) is 0 Å². The molecule has 0 aliphatic carbocycles. The number of hydrogen-bond donors (Lipinski definition) is 0. The average molecular weight is 357 g/mol. The highest BCUT2D eigenvalue weighted by Gasteiger charge is 2.24. The molecular formula is C21H24FNO3. The number of carbonyl (C=O) groups is 1. The molecule has 1 fully saturated rings. The number of nitrogens with zero attached hydrogens (tertiary/aromatic N) is 1. The fourth-order valence-corrected chi connectivity index (χ4v) is 3.31. The normalized spacial score (nSPS) is 17.2. The van der Waals surface area contributed by atoms with E-state index in [1.165, 1.54) is 12.1 Å². The standard InChI is InChI=1S/C21H24FNO3/c1-25-20-8-3-2-6-17(20)9-10-21(24)23-11-12-26-19(15-23)14-16-5-4-7-18(22)13-16/h2-8,13,19H,9-12,14-15H2,1H3/t19-/m1/s1. The Kier molecular flexibility index (Phi) is 6.23. The van der Waals surface area contributed by atoms with Crippen molar-refractivity contribution in [3.63, 3.8) is 0 Å². The third kappa shape index (κ3) is 4.82. The van der Waals surface area contributed by atoms with Crippen LogP contribution < -0.4 is 4.74 Å². The van der Waals surface area contributed by atoms with E-state index in [0.29, 0.717) is 39.0 Å². The predicted octanol–water partition coefficient (Wildman–Crippen LogP) is 3.24. The van der Waals surface area contributed by atoms with E-state index in [4.69, 9.17) is 9.47 Å². The van der Waals surface area contributed by atoms with Gasteiger partial charge >= 0.3 is 0 Å². The van der Waals surface area contributed by atoms with Gasteiger partial charge in [0.25, 0.3) is 0 Å². The number of benzene rings is 2. The lowest BCUT2D eigenvalue weighted by Crippen LogP contribution is -2.46. The molecule has 0 aromatic heterocycles. The van der Waals surface area contributed by atoms with Crippen LogP contribution in [-0.2, 0) is 22.4 Å². The Hall–Kier alpha value is -2.40. The van der Waals surface area contributed by atoms with Gasteiger partial charge in [-0.3, -0.25) is 4.79 Å². The molecule has 2 aromatic carbocycles. The number of aryl methyl sites for hydroxylation is 1. The molecule has 1 atom stereocenters. The lowest BCUT2D eigenvalue weighted by molar-refractivity contribution is -0.138. The maximum atomic E-state index is 13.3. The van der Waals surface area contributed by atoms with Crippen molar-refractivity contribution in [3.05, 3.63) is 65.5 Å². The highest BCUT2D eigenvalue weighted by molar-refractivity contribution is 5.76. The minimum absolute atomic E-state index is 0.0965. The van der Waals surface area contributed by atoms with Crippen molar-refractivity contribution < 1.29 is 18.7 Å². The van der Waals surface area contributed by atoms with Crippen LogP contribution in [0.1, 0.15) is 17.5 Å². The second-order valence-corrected chi connectivity index (χ2v) is 6.48. The van der Waals surface area contributed by atoms with Crippen LogP contribution in [0.2, 0.25) is 0 Å². The first-order valence-corrected chi connectivity index (χ1v) is 8.91. The summed E-state index contributed by atoms with van der Waals surface area (Å²) in [7, 11) is 1.64. The number of carbonyl (C=O) groups excluding carboxylic acids is 1. The molecule has 26 heavy (non-hydrogen) atoms. The Morgan fingerprint density at radius 3 is 2.92 bits per heavy atom. The number of rotatable bonds is 6. The van der Waals surface area contributed by atoms with Crippen molar-refractivity contribution >= 4 is 5.91 Å². The minimum atomic E-state index is -0.247. The Morgan fingerprint density at radius 1 is 1.27 bits per heavy atom. The van der Waals surface area contributed by atoms with E-state index in [-0.39, 0.29) is 17.8 Å². The Morgan fingerprint density at radius 2 is 2.12 bits per heavy atom. The first kappa shape index (κ1) is 18.4. The molecule has 1 amide bonds. The van der Waals surface area contributed by atoms with Crippen LogP contribution in [0.15, 0.2) is 48.5 Å². The topological polar surface area (TPSA) is 38.8 Å². The molecule has 3 rings (SSSR count). The number of ether oxygens (including phenoxy) is 2. The maximum absolute atomic E-state index is 13.3. The first-order valence-electron chi connectivity index (χ1n) is 8.91. The van der Waals surface area contributed by atoms with Crippen LogP contribution in [0.5, 0.6) is 5.75 Å². The molecule has 1 saturated heterocycles. The zero-order chi connectivity index (χ0) is 18.4. The quantitative estimate of drug-likeness (QED) is 0.797. The highest BCUT2D eigenvalue weighted by Crippen LogP contribution is 2.20. The molecule has 138 valence electrons. The monoisotopic (exact) mass is 357 g/mol. The highest BCUT2D eigenvalue weighted by atomic mass is 19.1. The second-order valence-electron chi connectivity index (χ2n) is 6.48. The van der Waals surface area contributed by atoms with Gasteiger partial charge in [-0.15, -0.1) is 0 Å². The van der Waals surface area contributed by atoms with Crippen molar-refractivity contribution in [1.82, 2.24) is 4.90 Å². The van der Waals surface area contributed by atoms with Gasteiger partial charge in [0.05, 0.1) is 19.8 Å². The fourth-order valence-electron chi connectivity index (χ4n) is 3.31. The lowest BCUT2D eigenvalue weighted by Gasteiger charge is -2.33. The Balaban J connectivity index is 1.54. The summed E-state index contributed by atoms with van der Waals surface area (Å²) in [6.07, 6.45) is 1.59. The molecule has 0 saturated carbocycles. The van der Waals surface area contributed by atoms with Crippen molar-refractivity contribution in [2.24, 2.45) is 0 Å². The van der Waals surface area contributed by atoms with E-state index < -0.39 is 0 Å². The van der Waals surface area contributed by atoms with Gasteiger partial charge in [0.1, 0.15) is 11.6 Å². The number of halogens is 1. The van der Waals surface area contributed by atoms with Gasteiger partial charge in [0, 0.05) is 25.9 Å². The van der Waals surface area contributed by atoms with E-state index in [0.717, 1.165) is 16.9 Å². The summed E-state index contributed by atoms with van der Waals surface area (Å²) in [5.41, 5.74) is 1.92. The van der Waals surface area contributed by atoms with Crippen LogP contribution in [-0.4, -0.2) is 43.7 Å². The zero-order valence-electron chi connectivity index (χ0n) is 15.0. The summed E-state index contributed by atoms with van der Waals surface area (Å²) in [5, 5.41) is 0. The number of methoxy groups -OCH3 is 1. The van der Waals surface area contributed by atoms with Gasteiger partial charge < -0.3 is 14.4 Å². The third-order valence-corrected chi connectivity index (χ3v) is 4.64. The molecule has 0 radical (unpaired) electrons. The minimum Gasteiger partial charge on any atom is -0.496 e. The lowest BCUT2D eigenvalue weighted by atomic mass is 10.1. The molecule has 1 aliphatic rings. The van der Waals surface area contributed by atoms with Gasteiger partial charge in [-0.05, 0) is 35.7 Å². The van der Waals surface area contributed by atoms with E-state index in [1.807, 2.05) is 35.2 Å². The Bertz CT molecular complexity index is 750. The molecule has 0 bridgehead atoms. The Labute approximate surface area is 153 Å². The van der Waals surface area contributed by atoms with Crippen LogP contribution in [0, 0.1) is 5.82 Å². The molecule has 2 aromatic rings. The number of para-hydroxylation sites is 1. The largest absolute Gasteiger partial charge is 0.496 e. The van der Waals surface area contributed by atoms with E-state index in [9.17, 15) is 9.18 Å². The summed E-state index contributed by atoms with van der Waals surface area (Å²) < 4.78 is 24.4. The summed E-state index contributed by atoms with van der Waals surface area (Å²) >= 11 is 0. The molecule has 4 nitrogen and oxygen atoms in total. The van der Waals surface area contributed by atoms with Gasteiger partial charge in [-0.1, -0.05) is 30.3 Å². The molecular weight excluding hydrogens is 333 g/mol. The van der Waals surface area contributed by atoms with Crippen LogP contribution in [0.25, 0.3) is 0 Å². The van der Waals surface area contributed by atoms with Crippen molar-refractivity contribution in [2.75, 3.05) is 26.8 Å². The maximum Gasteiger partial charge on any atom is 0.223 e. The van der Waals surface area contributed by atoms with Gasteiger partial charge in [0.2, 0.25) is 5.91 Å². The fraction of sp³-hybridized carbons (Fsp3) is 0.381. The van der Waals surface area contributed by atoms with E-state index >= 15 is 0 Å². The number of morpholine rings is 1. The zero-order valence-corrected chi connectivity index (χ0v) is 15.0. The first-order chi connectivity index (χ1) is 12.7. The molecule has 0 unspecified atom stereocenters. The van der Waals surface area contributed by atoms with Gasteiger partial charge in [-0.2, -0.15) is 0 Å². The molecule has 1 aliphatic heterocycles. The summed E-state index contributed by atoms with van der Waals surface area (Å²) in [6.45, 7) is 1.66. The molecule has 5 heteroatoms.